The molecule has 5 nitrogen and oxygen atoms in total. The average molecular weight is 355 g/mol. The SMILES string of the molecule is CC(C)CCCC(=O)NCC(C)CNC(=O)c1cncc2ccccc12. The zero-order valence-electron chi connectivity index (χ0n) is 15.9. The highest BCUT2D eigenvalue weighted by atomic mass is 16.2. The third-order valence-corrected chi connectivity index (χ3v) is 4.36. The smallest absolute Gasteiger partial charge is 0.253 e. The summed E-state index contributed by atoms with van der Waals surface area (Å²) in [5, 5.41) is 7.73. The van der Waals surface area contributed by atoms with Crippen molar-refractivity contribution in [3.8, 4) is 0 Å². The molecular formula is C21H29N3O2. The number of nitrogens with zero attached hydrogens (tertiary/aromatic N) is 1. The minimum Gasteiger partial charge on any atom is -0.356 e. The molecule has 0 spiro atoms. The van der Waals surface area contributed by atoms with E-state index in [1.54, 1.807) is 12.4 Å². The minimum absolute atomic E-state index is 0.0853. The molecule has 0 fully saturated rings. The molecule has 26 heavy (non-hydrogen) atoms. The molecule has 0 aliphatic heterocycles. The number of nitrogens with one attached hydrogen (secondary N) is 2. The Labute approximate surface area is 155 Å². The summed E-state index contributed by atoms with van der Waals surface area (Å²) in [4.78, 5) is 28.4. The first kappa shape index (κ1) is 19.9. The number of carbonyl (C=O) groups is 2. The van der Waals surface area contributed by atoms with Crippen LogP contribution in [0.3, 0.4) is 0 Å². The fourth-order valence-electron chi connectivity index (χ4n) is 2.78. The van der Waals surface area contributed by atoms with E-state index in [0.29, 0.717) is 31.0 Å². The molecule has 2 amide bonds. The van der Waals surface area contributed by atoms with Gasteiger partial charge in [-0.2, -0.15) is 0 Å². The molecule has 140 valence electrons. The Balaban J connectivity index is 1.77. The van der Waals surface area contributed by atoms with Gasteiger partial charge in [-0.1, -0.05) is 51.5 Å². The molecule has 0 saturated carbocycles. The van der Waals surface area contributed by atoms with Crippen LogP contribution in [0.15, 0.2) is 36.7 Å². The Morgan fingerprint density at radius 1 is 1.04 bits per heavy atom. The van der Waals surface area contributed by atoms with Crippen LogP contribution in [0.4, 0.5) is 0 Å². The lowest BCUT2D eigenvalue weighted by Gasteiger charge is -2.14. The predicted octanol–water partition coefficient (Wildman–Crippen LogP) is 3.54. The maximum absolute atomic E-state index is 12.5. The summed E-state index contributed by atoms with van der Waals surface area (Å²) in [6, 6.07) is 7.71. The Morgan fingerprint density at radius 2 is 1.77 bits per heavy atom. The van der Waals surface area contributed by atoms with E-state index in [0.717, 1.165) is 23.6 Å². The van der Waals surface area contributed by atoms with Gasteiger partial charge in [0.2, 0.25) is 5.91 Å². The molecule has 0 aliphatic carbocycles. The van der Waals surface area contributed by atoms with Crippen LogP contribution in [-0.2, 0) is 4.79 Å². The summed E-state index contributed by atoms with van der Waals surface area (Å²) < 4.78 is 0. The molecule has 5 heteroatoms. The molecule has 0 aliphatic rings. The number of hydrogen-bond acceptors (Lipinski definition) is 3. The van der Waals surface area contributed by atoms with E-state index in [1.807, 2.05) is 31.2 Å². The van der Waals surface area contributed by atoms with Crippen LogP contribution in [0, 0.1) is 11.8 Å². The van der Waals surface area contributed by atoms with Crippen LogP contribution in [-0.4, -0.2) is 29.9 Å². The molecule has 2 N–H and O–H groups in total. The van der Waals surface area contributed by atoms with E-state index in [4.69, 9.17) is 0 Å². The molecule has 1 aromatic carbocycles. The van der Waals surface area contributed by atoms with Crippen LogP contribution >= 0.6 is 0 Å². The van der Waals surface area contributed by atoms with Gasteiger partial charge in [-0.05, 0) is 23.6 Å². The maximum Gasteiger partial charge on any atom is 0.253 e. The summed E-state index contributed by atoms with van der Waals surface area (Å²) in [7, 11) is 0. The van der Waals surface area contributed by atoms with Crippen molar-refractivity contribution in [2.24, 2.45) is 11.8 Å². The van der Waals surface area contributed by atoms with Gasteiger partial charge < -0.3 is 10.6 Å². The van der Waals surface area contributed by atoms with Crippen LogP contribution in [0.25, 0.3) is 10.8 Å². The third kappa shape index (κ3) is 6.14. The first-order chi connectivity index (χ1) is 12.5. The Morgan fingerprint density at radius 3 is 2.54 bits per heavy atom. The van der Waals surface area contributed by atoms with E-state index >= 15 is 0 Å². The molecule has 2 aromatic rings. The van der Waals surface area contributed by atoms with Gasteiger partial charge in [0, 0.05) is 37.3 Å². The highest BCUT2D eigenvalue weighted by Gasteiger charge is 2.12. The van der Waals surface area contributed by atoms with Crippen LogP contribution in [0.5, 0.6) is 0 Å². The standard InChI is InChI=1S/C21H29N3O2/c1-15(2)7-6-10-20(25)23-11-16(3)12-24-21(26)19-14-22-13-17-8-4-5-9-18(17)19/h4-5,8-9,13-16H,6-7,10-12H2,1-3H3,(H,23,25)(H,24,26). The summed E-state index contributed by atoms with van der Waals surface area (Å²) in [6.07, 6.45) is 5.90. The number of hydrogen-bond donors (Lipinski definition) is 2. The second kappa shape index (κ2) is 9.90. The van der Waals surface area contributed by atoms with Gasteiger partial charge in [-0.25, -0.2) is 0 Å². The van der Waals surface area contributed by atoms with Gasteiger partial charge >= 0.3 is 0 Å². The lowest BCUT2D eigenvalue weighted by Crippen LogP contribution is -2.35. The number of pyridine rings is 1. The molecule has 1 atom stereocenters. The van der Waals surface area contributed by atoms with Crippen molar-refractivity contribution in [1.82, 2.24) is 15.6 Å². The Bertz CT molecular complexity index is 738. The van der Waals surface area contributed by atoms with Crippen LogP contribution in [0.1, 0.15) is 50.4 Å². The van der Waals surface area contributed by atoms with E-state index in [9.17, 15) is 9.59 Å². The van der Waals surface area contributed by atoms with E-state index in [1.165, 1.54) is 0 Å². The summed E-state index contributed by atoms with van der Waals surface area (Å²) in [5.74, 6) is 0.739. The first-order valence-corrected chi connectivity index (χ1v) is 9.35. The number of fused-ring (bicyclic) bond motifs is 1. The van der Waals surface area contributed by atoms with Crippen molar-refractivity contribution >= 4 is 22.6 Å². The van der Waals surface area contributed by atoms with Crippen molar-refractivity contribution in [1.29, 1.82) is 0 Å². The van der Waals surface area contributed by atoms with Gasteiger partial charge in [0.1, 0.15) is 0 Å². The first-order valence-electron chi connectivity index (χ1n) is 9.35. The predicted molar refractivity (Wildman–Crippen MR) is 105 cm³/mol. The van der Waals surface area contributed by atoms with E-state index < -0.39 is 0 Å². The van der Waals surface area contributed by atoms with Gasteiger partial charge in [-0.3, -0.25) is 14.6 Å². The molecule has 2 rings (SSSR count). The zero-order valence-corrected chi connectivity index (χ0v) is 15.9. The van der Waals surface area contributed by atoms with Crippen LogP contribution < -0.4 is 10.6 Å². The van der Waals surface area contributed by atoms with Gasteiger partial charge in [0.05, 0.1) is 5.56 Å². The van der Waals surface area contributed by atoms with Crippen molar-refractivity contribution in [3.63, 3.8) is 0 Å². The molecular weight excluding hydrogens is 326 g/mol. The normalized spacial score (nSPS) is 12.2. The number of rotatable bonds is 9. The molecule has 1 heterocycles. The number of amides is 2. The van der Waals surface area contributed by atoms with Crippen molar-refractivity contribution in [3.05, 3.63) is 42.2 Å². The highest BCUT2D eigenvalue weighted by molar-refractivity contribution is 6.06. The maximum atomic E-state index is 12.5. The number of benzene rings is 1. The van der Waals surface area contributed by atoms with Gasteiger partial charge in [0.15, 0.2) is 0 Å². The monoisotopic (exact) mass is 355 g/mol. The van der Waals surface area contributed by atoms with Crippen molar-refractivity contribution < 1.29 is 9.59 Å². The third-order valence-electron chi connectivity index (χ3n) is 4.36. The van der Waals surface area contributed by atoms with Crippen molar-refractivity contribution in [2.45, 2.75) is 40.0 Å². The minimum atomic E-state index is -0.135. The van der Waals surface area contributed by atoms with E-state index in [2.05, 4.69) is 29.5 Å². The van der Waals surface area contributed by atoms with Gasteiger partial charge in [-0.15, -0.1) is 0 Å². The second-order valence-corrected chi connectivity index (χ2v) is 7.31. The fourth-order valence-corrected chi connectivity index (χ4v) is 2.78. The molecule has 0 bridgehead atoms. The van der Waals surface area contributed by atoms with E-state index in [-0.39, 0.29) is 17.7 Å². The summed E-state index contributed by atoms with van der Waals surface area (Å²) >= 11 is 0. The molecule has 0 radical (unpaired) electrons. The Hall–Kier alpha value is -2.43. The van der Waals surface area contributed by atoms with Crippen LogP contribution in [0.2, 0.25) is 0 Å². The Kier molecular flexibility index (Phi) is 7.57. The fraction of sp³-hybridized carbons (Fsp3) is 0.476. The average Bonchev–Trinajstić information content (AvgIpc) is 2.63. The quantitative estimate of drug-likeness (QED) is 0.723. The largest absolute Gasteiger partial charge is 0.356 e. The highest BCUT2D eigenvalue weighted by Crippen LogP contribution is 2.16. The lowest BCUT2D eigenvalue weighted by molar-refractivity contribution is -0.121. The lowest BCUT2D eigenvalue weighted by atomic mass is 10.1. The number of aromatic nitrogens is 1. The number of carbonyl (C=O) groups excluding carboxylic acids is 2. The summed E-state index contributed by atoms with van der Waals surface area (Å²) in [6.45, 7) is 7.40. The molecule has 1 unspecified atom stereocenters. The van der Waals surface area contributed by atoms with Crippen molar-refractivity contribution in [2.75, 3.05) is 13.1 Å². The topological polar surface area (TPSA) is 71.1 Å². The van der Waals surface area contributed by atoms with Gasteiger partial charge in [0.25, 0.3) is 5.91 Å². The second-order valence-electron chi connectivity index (χ2n) is 7.31. The molecule has 1 aromatic heterocycles. The molecule has 0 saturated heterocycles. The summed E-state index contributed by atoms with van der Waals surface area (Å²) in [5.41, 5.74) is 0.577. The zero-order chi connectivity index (χ0) is 18.9.